The van der Waals surface area contributed by atoms with Crippen molar-refractivity contribution in [2.45, 2.75) is 64.5 Å². The monoisotopic (exact) mass is 324 g/mol. The van der Waals surface area contributed by atoms with Gasteiger partial charge in [-0.25, -0.2) is 0 Å². The molecule has 128 valence electrons. The van der Waals surface area contributed by atoms with Crippen LogP contribution in [0.4, 0.5) is 0 Å². The van der Waals surface area contributed by atoms with Crippen LogP contribution in [0.2, 0.25) is 0 Å². The summed E-state index contributed by atoms with van der Waals surface area (Å²) in [5.41, 5.74) is 3.11. The topological polar surface area (TPSA) is 38.1 Å². The van der Waals surface area contributed by atoms with Gasteiger partial charge in [0.1, 0.15) is 5.76 Å². The molecule has 1 aromatic heterocycles. The van der Waals surface area contributed by atoms with Gasteiger partial charge in [-0.1, -0.05) is 56.3 Å². The van der Waals surface area contributed by atoms with Crippen LogP contribution in [0.15, 0.2) is 41.1 Å². The molecular weight excluding hydrogens is 296 g/mol. The predicted molar refractivity (Wildman–Crippen MR) is 95.8 cm³/mol. The van der Waals surface area contributed by atoms with E-state index in [2.05, 4.69) is 61.6 Å². The Morgan fingerprint density at radius 3 is 2.75 bits per heavy atom. The van der Waals surface area contributed by atoms with E-state index in [4.69, 9.17) is 4.52 Å². The van der Waals surface area contributed by atoms with Gasteiger partial charge in [0, 0.05) is 23.6 Å². The summed E-state index contributed by atoms with van der Waals surface area (Å²) in [7, 11) is 0. The molecule has 0 unspecified atom stereocenters. The number of fused-ring (bicyclic) bond motifs is 2. The lowest BCUT2D eigenvalue weighted by molar-refractivity contribution is 0.0137. The van der Waals surface area contributed by atoms with E-state index in [1.165, 1.54) is 30.4 Å². The summed E-state index contributed by atoms with van der Waals surface area (Å²) < 4.78 is 5.63. The summed E-state index contributed by atoms with van der Waals surface area (Å²) in [6, 6.07) is 11.3. The molecule has 4 rings (SSSR count). The minimum absolute atomic E-state index is 0.0865. The molecule has 0 aliphatic heterocycles. The van der Waals surface area contributed by atoms with Crippen molar-refractivity contribution in [3.8, 4) is 0 Å². The summed E-state index contributed by atoms with van der Waals surface area (Å²) in [5.74, 6) is 1.79. The predicted octanol–water partition coefficient (Wildman–Crippen LogP) is 4.47. The van der Waals surface area contributed by atoms with E-state index in [1.54, 1.807) is 0 Å². The molecule has 1 heterocycles. The van der Waals surface area contributed by atoms with Crippen LogP contribution in [0.1, 0.15) is 56.9 Å². The van der Waals surface area contributed by atoms with Gasteiger partial charge >= 0.3 is 0 Å². The maximum Gasteiger partial charge on any atom is 0.145 e. The Balaban J connectivity index is 1.50. The lowest BCUT2D eigenvalue weighted by Gasteiger charge is -2.54. The van der Waals surface area contributed by atoms with Gasteiger partial charge in [0.25, 0.3) is 0 Å². The maximum absolute atomic E-state index is 5.63. The summed E-state index contributed by atoms with van der Waals surface area (Å²) in [6.07, 6.45) is 6.79. The minimum atomic E-state index is 0.0865. The molecule has 0 amide bonds. The molecule has 2 aliphatic carbocycles. The summed E-state index contributed by atoms with van der Waals surface area (Å²) in [6.45, 7) is 8.13. The zero-order valence-electron chi connectivity index (χ0n) is 15.0. The van der Waals surface area contributed by atoms with Crippen LogP contribution >= 0.6 is 0 Å². The molecule has 2 aliphatic rings. The second kappa shape index (κ2) is 5.73. The Bertz CT molecular complexity index is 706. The highest BCUT2D eigenvalue weighted by atomic mass is 16.5. The number of nitrogens with zero attached hydrogens (tertiary/aromatic N) is 1. The van der Waals surface area contributed by atoms with Crippen LogP contribution in [0, 0.1) is 11.3 Å². The molecule has 3 heteroatoms. The van der Waals surface area contributed by atoms with Crippen molar-refractivity contribution in [3.05, 3.63) is 53.4 Å². The normalized spacial score (nSPS) is 31.3. The van der Waals surface area contributed by atoms with Gasteiger partial charge in [-0.2, -0.15) is 0 Å². The number of hydrogen-bond acceptors (Lipinski definition) is 3. The van der Waals surface area contributed by atoms with Gasteiger partial charge in [0.2, 0.25) is 0 Å². The fourth-order valence-corrected chi connectivity index (χ4v) is 5.49. The Morgan fingerprint density at radius 1 is 1.17 bits per heavy atom. The highest BCUT2D eigenvalue weighted by Gasteiger charge is 2.53. The van der Waals surface area contributed by atoms with Crippen LogP contribution < -0.4 is 5.32 Å². The highest BCUT2D eigenvalue weighted by molar-refractivity contribution is 5.30. The van der Waals surface area contributed by atoms with E-state index >= 15 is 0 Å². The Morgan fingerprint density at radius 2 is 1.96 bits per heavy atom. The molecular formula is C21H28N2O. The van der Waals surface area contributed by atoms with Gasteiger partial charge in [0.15, 0.2) is 0 Å². The molecule has 0 saturated heterocycles. The van der Waals surface area contributed by atoms with Crippen molar-refractivity contribution in [1.29, 1.82) is 0 Å². The van der Waals surface area contributed by atoms with Crippen LogP contribution in [0.3, 0.4) is 0 Å². The number of benzene rings is 1. The van der Waals surface area contributed by atoms with Crippen molar-refractivity contribution >= 4 is 0 Å². The molecule has 0 bridgehead atoms. The summed E-state index contributed by atoms with van der Waals surface area (Å²) in [5, 5.41) is 7.90. The van der Waals surface area contributed by atoms with Crippen molar-refractivity contribution in [3.63, 3.8) is 0 Å². The zero-order chi connectivity index (χ0) is 16.8. The molecule has 2 aromatic rings. The van der Waals surface area contributed by atoms with Crippen molar-refractivity contribution in [1.82, 2.24) is 10.5 Å². The number of hydrogen-bond donors (Lipinski definition) is 1. The van der Waals surface area contributed by atoms with Crippen LogP contribution in [0.5, 0.6) is 0 Å². The first kappa shape index (κ1) is 15.9. The standard InChI is InChI=1S/C21H28N2O/c1-20(2)18-10-9-17(22-13-15-7-5-4-6-8-15)12-21(18,3)11-16-14-23-24-19(16)20/h4-8,14,17-18,22H,9-13H2,1-3H3/t17-,18-,21+/m0/s1. The van der Waals surface area contributed by atoms with Gasteiger partial charge < -0.3 is 9.84 Å². The third-order valence-corrected chi connectivity index (χ3v) is 6.49. The quantitative estimate of drug-likeness (QED) is 0.905. The summed E-state index contributed by atoms with van der Waals surface area (Å²) >= 11 is 0. The van der Waals surface area contributed by atoms with Crippen LogP contribution in [-0.4, -0.2) is 11.2 Å². The number of rotatable bonds is 3. The first-order valence-electron chi connectivity index (χ1n) is 9.20. The molecule has 24 heavy (non-hydrogen) atoms. The van der Waals surface area contributed by atoms with E-state index in [9.17, 15) is 0 Å². The SMILES string of the molecule is CC1(C)c2oncc2C[C@]2(C)C[C@@H](NCc3ccccc3)CC[C@@H]12. The van der Waals surface area contributed by atoms with E-state index in [0.29, 0.717) is 17.4 Å². The second-order valence-corrected chi connectivity index (χ2v) is 8.63. The largest absolute Gasteiger partial charge is 0.361 e. The van der Waals surface area contributed by atoms with Crippen molar-refractivity contribution in [2.24, 2.45) is 11.3 Å². The summed E-state index contributed by atoms with van der Waals surface area (Å²) in [4.78, 5) is 0. The first-order chi connectivity index (χ1) is 11.5. The second-order valence-electron chi connectivity index (χ2n) is 8.63. The average Bonchev–Trinajstić information content (AvgIpc) is 3.02. The van der Waals surface area contributed by atoms with Crippen LogP contribution in [-0.2, 0) is 18.4 Å². The molecule has 0 spiro atoms. The molecule has 3 nitrogen and oxygen atoms in total. The zero-order valence-corrected chi connectivity index (χ0v) is 15.0. The first-order valence-corrected chi connectivity index (χ1v) is 9.20. The number of nitrogens with one attached hydrogen (secondary N) is 1. The fourth-order valence-electron chi connectivity index (χ4n) is 5.49. The maximum atomic E-state index is 5.63. The van der Waals surface area contributed by atoms with E-state index < -0.39 is 0 Å². The van der Waals surface area contributed by atoms with Gasteiger partial charge in [-0.05, 0) is 42.6 Å². The molecule has 1 saturated carbocycles. The average molecular weight is 324 g/mol. The van der Waals surface area contributed by atoms with Crippen molar-refractivity contribution in [2.75, 3.05) is 0 Å². The molecule has 1 N–H and O–H groups in total. The smallest absolute Gasteiger partial charge is 0.145 e. The van der Waals surface area contributed by atoms with Gasteiger partial charge in [0.05, 0.1) is 6.20 Å². The fraction of sp³-hybridized carbons (Fsp3) is 0.571. The highest BCUT2D eigenvalue weighted by Crippen LogP contribution is 2.56. The third-order valence-electron chi connectivity index (χ3n) is 6.49. The Kier molecular flexibility index (Phi) is 3.80. The van der Waals surface area contributed by atoms with E-state index in [1.807, 2.05) is 6.20 Å². The van der Waals surface area contributed by atoms with E-state index in [0.717, 1.165) is 18.7 Å². The Hall–Kier alpha value is -1.61. The number of aromatic nitrogens is 1. The minimum Gasteiger partial charge on any atom is -0.361 e. The molecule has 3 atom stereocenters. The van der Waals surface area contributed by atoms with Crippen LogP contribution in [0.25, 0.3) is 0 Å². The van der Waals surface area contributed by atoms with Gasteiger partial charge in [-0.3, -0.25) is 0 Å². The van der Waals surface area contributed by atoms with Crippen molar-refractivity contribution < 1.29 is 4.52 Å². The van der Waals surface area contributed by atoms with Gasteiger partial charge in [-0.15, -0.1) is 0 Å². The Labute approximate surface area is 144 Å². The molecule has 1 fully saturated rings. The lowest BCUT2D eigenvalue weighted by Crippen LogP contribution is -2.52. The molecule has 1 aromatic carbocycles. The van der Waals surface area contributed by atoms with E-state index in [-0.39, 0.29) is 5.41 Å². The molecule has 0 radical (unpaired) electrons. The lowest BCUT2D eigenvalue weighted by atomic mass is 9.51. The third kappa shape index (κ3) is 2.59.